The zero-order valence-electron chi connectivity index (χ0n) is 8.37. The van der Waals surface area contributed by atoms with Crippen LogP contribution in [-0.2, 0) is 0 Å². The summed E-state index contributed by atoms with van der Waals surface area (Å²) < 4.78 is 0. The summed E-state index contributed by atoms with van der Waals surface area (Å²) in [5.41, 5.74) is 6.48. The number of benzene rings is 1. The average Bonchev–Trinajstić information content (AvgIpc) is 2.23. The highest BCUT2D eigenvalue weighted by Crippen LogP contribution is 2.23. The van der Waals surface area contributed by atoms with Gasteiger partial charge in [-0.15, -0.1) is 0 Å². The summed E-state index contributed by atoms with van der Waals surface area (Å²) in [7, 11) is 0. The molecule has 1 rings (SSSR count). The van der Waals surface area contributed by atoms with E-state index in [4.69, 9.17) is 28.9 Å². The van der Waals surface area contributed by atoms with Crippen LogP contribution >= 0.6 is 23.2 Å². The van der Waals surface area contributed by atoms with E-state index in [1.54, 1.807) is 18.3 Å². The normalized spacial score (nSPS) is 12.3. The van der Waals surface area contributed by atoms with Crippen LogP contribution in [0.2, 0.25) is 10.0 Å². The molecule has 0 aliphatic rings. The molecule has 0 spiro atoms. The van der Waals surface area contributed by atoms with Crippen molar-refractivity contribution >= 4 is 35.1 Å². The first-order chi connectivity index (χ1) is 7.13. The first-order valence-corrected chi connectivity index (χ1v) is 5.33. The van der Waals surface area contributed by atoms with E-state index in [9.17, 15) is 0 Å². The van der Waals surface area contributed by atoms with Crippen LogP contribution in [-0.4, -0.2) is 5.84 Å². The van der Waals surface area contributed by atoms with Crippen LogP contribution in [0.25, 0.3) is 6.08 Å². The third kappa shape index (κ3) is 3.94. The second kappa shape index (κ2) is 5.79. The van der Waals surface area contributed by atoms with Crippen LogP contribution in [0.15, 0.2) is 29.4 Å². The Morgan fingerprint density at radius 2 is 2.13 bits per heavy atom. The van der Waals surface area contributed by atoms with Crippen LogP contribution < -0.4 is 5.73 Å². The third-order valence-corrected chi connectivity index (χ3v) is 2.55. The fourth-order valence-corrected chi connectivity index (χ4v) is 1.23. The Bertz CT molecular complexity index is 398. The molecule has 0 aliphatic carbocycles. The SMILES string of the molecule is CCC(N)=NC=Cc1ccc(Cl)c(Cl)c1. The predicted octanol–water partition coefficient (Wildman–Crippen LogP) is 3.73. The van der Waals surface area contributed by atoms with Gasteiger partial charge in [-0.05, 0) is 23.8 Å². The van der Waals surface area contributed by atoms with E-state index in [1.807, 2.05) is 19.1 Å². The maximum absolute atomic E-state index is 5.86. The lowest BCUT2D eigenvalue weighted by atomic mass is 10.2. The van der Waals surface area contributed by atoms with E-state index < -0.39 is 0 Å². The molecule has 1 aromatic carbocycles. The van der Waals surface area contributed by atoms with Crippen molar-refractivity contribution in [2.24, 2.45) is 10.7 Å². The van der Waals surface area contributed by atoms with Crippen LogP contribution in [0.4, 0.5) is 0 Å². The molecule has 2 N–H and O–H groups in total. The first kappa shape index (κ1) is 12.1. The second-order valence-electron chi connectivity index (χ2n) is 2.96. The molecule has 0 fully saturated rings. The summed E-state index contributed by atoms with van der Waals surface area (Å²) in [6.45, 7) is 1.95. The Labute approximate surface area is 99.4 Å². The third-order valence-electron chi connectivity index (χ3n) is 1.81. The molecule has 0 heterocycles. The van der Waals surface area contributed by atoms with Crippen LogP contribution in [0, 0.1) is 0 Å². The number of hydrogen-bond acceptors (Lipinski definition) is 1. The lowest BCUT2D eigenvalue weighted by molar-refractivity contribution is 1.24. The highest BCUT2D eigenvalue weighted by molar-refractivity contribution is 6.42. The molecule has 0 saturated heterocycles. The van der Waals surface area contributed by atoms with Gasteiger partial charge in [0.05, 0.1) is 15.9 Å². The van der Waals surface area contributed by atoms with Gasteiger partial charge < -0.3 is 5.73 Å². The zero-order valence-corrected chi connectivity index (χ0v) is 9.89. The molecule has 4 heteroatoms. The van der Waals surface area contributed by atoms with E-state index in [2.05, 4.69) is 4.99 Å². The van der Waals surface area contributed by atoms with Crippen LogP contribution in [0.5, 0.6) is 0 Å². The topological polar surface area (TPSA) is 38.4 Å². The number of amidine groups is 1. The molecule has 15 heavy (non-hydrogen) atoms. The van der Waals surface area contributed by atoms with Crippen molar-refractivity contribution in [2.45, 2.75) is 13.3 Å². The van der Waals surface area contributed by atoms with Gasteiger partial charge in [-0.3, -0.25) is 0 Å². The lowest BCUT2D eigenvalue weighted by Crippen LogP contribution is -2.08. The second-order valence-corrected chi connectivity index (χ2v) is 3.78. The molecule has 0 aromatic heterocycles. The minimum Gasteiger partial charge on any atom is -0.387 e. The van der Waals surface area contributed by atoms with Crippen molar-refractivity contribution in [3.05, 3.63) is 40.0 Å². The maximum Gasteiger partial charge on any atom is 0.0986 e. The van der Waals surface area contributed by atoms with Crippen molar-refractivity contribution in [1.29, 1.82) is 0 Å². The summed E-state index contributed by atoms with van der Waals surface area (Å²) in [4.78, 5) is 4.03. The fourth-order valence-electron chi connectivity index (χ4n) is 0.926. The van der Waals surface area contributed by atoms with Gasteiger partial charge >= 0.3 is 0 Å². The van der Waals surface area contributed by atoms with Gasteiger partial charge in [0.1, 0.15) is 0 Å². The number of nitrogens with zero attached hydrogens (tertiary/aromatic N) is 1. The molecule has 1 aromatic rings. The van der Waals surface area contributed by atoms with E-state index >= 15 is 0 Å². The quantitative estimate of drug-likeness (QED) is 0.637. The highest BCUT2D eigenvalue weighted by atomic mass is 35.5. The fraction of sp³-hybridized carbons (Fsp3) is 0.182. The van der Waals surface area contributed by atoms with Gasteiger partial charge in [0, 0.05) is 12.6 Å². The van der Waals surface area contributed by atoms with E-state index in [0.29, 0.717) is 15.9 Å². The maximum atomic E-state index is 5.86. The summed E-state index contributed by atoms with van der Waals surface area (Å²) in [6, 6.07) is 5.39. The molecule has 0 radical (unpaired) electrons. The minimum absolute atomic E-state index is 0.534. The smallest absolute Gasteiger partial charge is 0.0986 e. The highest BCUT2D eigenvalue weighted by Gasteiger charge is 1.95. The summed E-state index contributed by atoms with van der Waals surface area (Å²) in [5.74, 6) is 0.603. The van der Waals surface area contributed by atoms with Gasteiger partial charge in [-0.2, -0.15) is 0 Å². The van der Waals surface area contributed by atoms with Crippen LogP contribution in [0.1, 0.15) is 18.9 Å². The molecule has 80 valence electrons. The Morgan fingerprint density at radius 3 is 2.73 bits per heavy atom. The Balaban J connectivity index is 2.77. The van der Waals surface area contributed by atoms with Gasteiger partial charge in [-0.25, -0.2) is 4.99 Å². The van der Waals surface area contributed by atoms with Crippen molar-refractivity contribution in [2.75, 3.05) is 0 Å². The summed E-state index contributed by atoms with van der Waals surface area (Å²) in [5, 5.41) is 1.08. The average molecular weight is 243 g/mol. The minimum atomic E-state index is 0.534. The Morgan fingerprint density at radius 1 is 1.40 bits per heavy atom. The molecule has 0 atom stereocenters. The Hall–Kier alpha value is -0.990. The van der Waals surface area contributed by atoms with Crippen molar-refractivity contribution in [1.82, 2.24) is 0 Å². The molecule has 0 aliphatic heterocycles. The predicted molar refractivity (Wildman–Crippen MR) is 67.4 cm³/mol. The summed E-state index contributed by atoms with van der Waals surface area (Å²) >= 11 is 11.6. The van der Waals surface area contributed by atoms with Crippen molar-refractivity contribution < 1.29 is 0 Å². The molecule has 2 nitrogen and oxygen atoms in total. The van der Waals surface area contributed by atoms with Gasteiger partial charge in [-0.1, -0.05) is 36.2 Å². The van der Waals surface area contributed by atoms with Gasteiger partial charge in [0.2, 0.25) is 0 Å². The molecular weight excluding hydrogens is 231 g/mol. The van der Waals surface area contributed by atoms with E-state index in [0.717, 1.165) is 12.0 Å². The monoisotopic (exact) mass is 242 g/mol. The molecular formula is C11H12Cl2N2. The lowest BCUT2D eigenvalue weighted by Gasteiger charge is -1.96. The molecule has 0 unspecified atom stereocenters. The number of aliphatic imine (C=N–C) groups is 1. The number of rotatable bonds is 3. The van der Waals surface area contributed by atoms with E-state index in [-0.39, 0.29) is 0 Å². The Kier molecular flexibility index (Phi) is 4.66. The summed E-state index contributed by atoms with van der Waals surface area (Å²) in [6.07, 6.45) is 4.22. The van der Waals surface area contributed by atoms with Crippen LogP contribution in [0.3, 0.4) is 0 Å². The number of hydrogen-bond donors (Lipinski definition) is 1. The van der Waals surface area contributed by atoms with Crippen molar-refractivity contribution in [3.63, 3.8) is 0 Å². The molecule has 0 bridgehead atoms. The number of halogens is 2. The largest absolute Gasteiger partial charge is 0.387 e. The first-order valence-electron chi connectivity index (χ1n) is 4.57. The number of nitrogens with two attached hydrogens (primary N) is 1. The molecule has 0 amide bonds. The van der Waals surface area contributed by atoms with Gasteiger partial charge in [0.15, 0.2) is 0 Å². The molecule has 0 saturated carbocycles. The van der Waals surface area contributed by atoms with Gasteiger partial charge in [0.25, 0.3) is 0 Å². The zero-order chi connectivity index (χ0) is 11.3. The van der Waals surface area contributed by atoms with E-state index in [1.165, 1.54) is 0 Å². The standard InChI is InChI=1S/C11H12Cl2N2/c1-2-11(14)15-6-5-8-3-4-9(12)10(13)7-8/h3-7H,2H2,1H3,(H2,14,15). The van der Waals surface area contributed by atoms with Crippen molar-refractivity contribution in [3.8, 4) is 0 Å².